The van der Waals surface area contributed by atoms with E-state index in [1.54, 1.807) is 19.5 Å². The summed E-state index contributed by atoms with van der Waals surface area (Å²) in [6.45, 7) is 2.55. The zero-order valence-corrected chi connectivity index (χ0v) is 19.6. The van der Waals surface area contributed by atoms with E-state index in [2.05, 4.69) is 25.3 Å². The Kier molecular flexibility index (Phi) is 6.97. The molecule has 4 heterocycles. The van der Waals surface area contributed by atoms with E-state index in [0.29, 0.717) is 37.9 Å². The standard InChI is InChI=1S/C26H28N6O3/c1-34-14-15-35-20-8-12-32(13-9-20)25(33)24-17-18-16-19(5-6-21(18)30-24)29-26-28-11-7-23(31-26)22-4-2-3-10-27-22/h2-7,10-11,16-17,20,30H,8-9,12-15H2,1H3,(H,28,29,31). The molecule has 1 aliphatic rings. The fraction of sp³-hybridized carbons (Fsp3) is 0.308. The van der Waals surface area contributed by atoms with Gasteiger partial charge in [0.2, 0.25) is 5.95 Å². The van der Waals surface area contributed by atoms with Crippen LogP contribution in [-0.4, -0.2) is 70.3 Å². The number of fused-ring (bicyclic) bond motifs is 1. The second-order valence-corrected chi connectivity index (χ2v) is 8.45. The van der Waals surface area contributed by atoms with Crippen LogP contribution in [0.3, 0.4) is 0 Å². The smallest absolute Gasteiger partial charge is 0.270 e. The summed E-state index contributed by atoms with van der Waals surface area (Å²) in [6.07, 6.45) is 5.30. The van der Waals surface area contributed by atoms with Gasteiger partial charge < -0.3 is 24.7 Å². The second-order valence-electron chi connectivity index (χ2n) is 8.45. The molecule has 0 spiro atoms. The minimum Gasteiger partial charge on any atom is -0.382 e. The van der Waals surface area contributed by atoms with Crippen molar-refractivity contribution in [2.45, 2.75) is 18.9 Å². The van der Waals surface area contributed by atoms with Crippen molar-refractivity contribution in [2.24, 2.45) is 0 Å². The van der Waals surface area contributed by atoms with Crippen LogP contribution in [0.15, 0.2) is 60.9 Å². The molecule has 0 unspecified atom stereocenters. The van der Waals surface area contributed by atoms with Gasteiger partial charge in [0.25, 0.3) is 5.91 Å². The van der Waals surface area contributed by atoms with Gasteiger partial charge in [0.1, 0.15) is 5.69 Å². The van der Waals surface area contributed by atoms with Gasteiger partial charge >= 0.3 is 0 Å². The molecule has 0 atom stereocenters. The Morgan fingerprint density at radius 2 is 1.94 bits per heavy atom. The summed E-state index contributed by atoms with van der Waals surface area (Å²) >= 11 is 0. The van der Waals surface area contributed by atoms with E-state index in [9.17, 15) is 4.79 Å². The van der Waals surface area contributed by atoms with E-state index in [-0.39, 0.29) is 12.0 Å². The van der Waals surface area contributed by atoms with Gasteiger partial charge in [-0.1, -0.05) is 6.07 Å². The zero-order chi connectivity index (χ0) is 24.0. The fourth-order valence-electron chi connectivity index (χ4n) is 4.22. The van der Waals surface area contributed by atoms with Crippen LogP contribution in [0.4, 0.5) is 11.6 Å². The number of hydrogen-bond acceptors (Lipinski definition) is 7. The number of rotatable bonds is 8. The first-order valence-electron chi connectivity index (χ1n) is 11.7. The Labute approximate surface area is 203 Å². The number of methoxy groups -OCH3 is 1. The Balaban J connectivity index is 1.25. The van der Waals surface area contributed by atoms with Crippen molar-refractivity contribution in [1.29, 1.82) is 0 Å². The Hall–Kier alpha value is -3.82. The number of amides is 1. The number of aromatic nitrogens is 4. The van der Waals surface area contributed by atoms with Crippen LogP contribution in [0.5, 0.6) is 0 Å². The average molecular weight is 473 g/mol. The fourth-order valence-corrected chi connectivity index (χ4v) is 4.22. The van der Waals surface area contributed by atoms with Crippen LogP contribution in [-0.2, 0) is 9.47 Å². The maximum absolute atomic E-state index is 13.1. The van der Waals surface area contributed by atoms with Crippen LogP contribution in [0.1, 0.15) is 23.3 Å². The summed E-state index contributed by atoms with van der Waals surface area (Å²) in [4.78, 5) is 31.5. The van der Waals surface area contributed by atoms with Gasteiger partial charge in [0.15, 0.2) is 0 Å². The highest BCUT2D eigenvalue weighted by atomic mass is 16.5. The lowest BCUT2D eigenvalue weighted by Gasteiger charge is -2.31. The normalized spacial score (nSPS) is 14.4. The van der Waals surface area contributed by atoms with Crippen LogP contribution < -0.4 is 5.32 Å². The third-order valence-electron chi connectivity index (χ3n) is 6.06. The van der Waals surface area contributed by atoms with E-state index in [4.69, 9.17) is 9.47 Å². The molecular formula is C26H28N6O3. The van der Waals surface area contributed by atoms with Gasteiger partial charge in [-0.05, 0) is 55.3 Å². The molecule has 9 heteroatoms. The number of pyridine rings is 1. The number of likely N-dealkylation sites (tertiary alicyclic amines) is 1. The molecule has 0 radical (unpaired) electrons. The van der Waals surface area contributed by atoms with Crippen molar-refractivity contribution in [3.8, 4) is 11.4 Å². The molecule has 1 saturated heterocycles. The largest absolute Gasteiger partial charge is 0.382 e. The number of piperidine rings is 1. The maximum Gasteiger partial charge on any atom is 0.270 e. The first kappa shape index (κ1) is 22.9. The second kappa shape index (κ2) is 10.6. The highest BCUT2D eigenvalue weighted by molar-refractivity contribution is 5.98. The highest BCUT2D eigenvalue weighted by Crippen LogP contribution is 2.24. The molecule has 1 aromatic carbocycles. The Morgan fingerprint density at radius 3 is 2.74 bits per heavy atom. The van der Waals surface area contributed by atoms with Crippen LogP contribution in [0, 0.1) is 0 Å². The number of nitrogens with zero attached hydrogens (tertiary/aromatic N) is 4. The number of anilines is 2. The van der Waals surface area contributed by atoms with Crippen molar-refractivity contribution >= 4 is 28.4 Å². The molecule has 0 saturated carbocycles. The van der Waals surface area contributed by atoms with Gasteiger partial charge in [-0.15, -0.1) is 0 Å². The van der Waals surface area contributed by atoms with Crippen molar-refractivity contribution < 1.29 is 14.3 Å². The molecule has 1 fully saturated rings. The quantitative estimate of drug-likeness (QED) is 0.373. The molecule has 0 bridgehead atoms. The summed E-state index contributed by atoms with van der Waals surface area (Å²) < 4.78 is 10.8. The number of carbonyl (C=O) groups is 1. The van der Waals surface area contributed by atoms with E-state index in [0.717, 1.165) is 40.8 Å². The first-order valence-corrected chi connectivity index (χ1v) is 11.7. The topological polar surface area (TPSA) is 105 Å². The minimum atomic E-state index is 0.0115. The molecular weight excluding hydrogens is 444 g/mol. The number of H-pyrrole nitrogens is 1. The molecule has 9 nitrogen and oxygen atoms in total. The zero-order valence-electron chi connectivity index (χ0n) is 19.6. The predicted octanol–water partition coefficient (Wildman–Crippen LogP) is 4.03. The Bertz CT molecular complexity index is 1280. The summed E-state index contributed by atoms with van der Waals surface area (Å²) in [7, 11) is 1.67. The maximum atomic E-state index is 13.1. The average Bonchev–Trinajstić information content (AvgIpc) is 3.33. The van der Waals surface area contributed by atoms with Crippen molar-refractivity contribution in [2.75, 3.05) is 38.7 Å². The molecule has 3 aromatic heterocycles. The lowest BCUT2D eigenvalue weighted by atomic mass is 10.1. The number of nitrogens with one attached hydrogen (secondary N) is 2. The van der Waals surface area contributed by atoms with Gasteiger partial charge in [-0.25, -0.2) is 9.97 Å². The van der Waals surface area contributed by atoms with Crippen LogP contribution in [0.25, 0.3) is 22.3 Å². The third-order valence-corrected chi connectivity index (χ3v) is 6.06. The van der Waals surface area contributed by atoms with E-state index >= 15 is 0 Å². The summed E-state index contributed by atoms with van der Waals surface area (Å²) in [5, 5.41) is 4.19. The molecule has 180 valence electrons. The molecule has 1 aliphatic heterocycles. The van der Waals surface area contributed by atoms with Crippen LogP contribution in [0.2, 0.25) is 0 Å². The third kappa shape index (κ3) is 5.47. The van der Waals surface area contributed by atoms with Gasteiger partial charge in [0, 0.05) is 49.2 Å². The molecule has 2 N–H and O–H groups in total. The van der Waals surface area contributed by atoms with Crippen molar-refractivity contribution in [3.63, 3.8) is 0 Å². The lowest BCUT2D eigenvalue weighted by Crippen LogP contribution is -2.41. The lowest BCUT2D eigenvalue weighted by molar-refractivity contribution is -0.0123. The molecule has 5 rings (SSSR count). The number of benzene rings is 1. The highest BCUT2D eigenvalue weighted by Gasteiger charge is 2.25. The molecule has 35 heavy (non-hydrogen) atoms. The number of carbonyl (C=O) groups excluding carboxylic acids is 1. The monoisotopic (exact) mass is 472 g/mol. The molecule has 0 aliphatic carbocycles. The van der Waals surface area contributed by atoms with E-state index in [1.807, 2.05) is 53.4 Å². The van der Waals surface area contributed by atoms with E-state index < -0.39 is 0 Å². The first-order chi connectivity index (χ1) is 17.2. The van der Waals surface area contributed by atoms with Gasteiger partial charge in [0.05, 0.1) is 30.7 Å². The number of hydrogen-bond donors (Lipinski definition) is 2. The van der Waals surface area contributed by atoms with E-state index in [1.165, 1.54) is 0 Å². The molecule has 4 aromatic rings. The SMILES string of the molecule is COCCOC1CCN(C(=O)c2cc3cc(Nc4nccc(-c5ccccn5)n4)ccc3[nH]2)CC1. The van der Waals surface area contributed by atoms with Gasteiger partial charge in [-0.2, -0.15) is 0 Å². The minimum absolute atomic E-state index is 0.0115. The molecule has 1 amide bonds. The number of aromatic amines is 1. The predicted molar refractivity (Wildman–Crippen MR) is 134 cm³/mol. The Morgan fingerprint density at radius 1 is 1.06 bits per heavy atom. The van der Waals surface area contributed by atoms with Crippen LogP contribution >= 0.6 is 0 Å². The van der Waals surface area contributed by atoms with Gasteiger partial charge in [-0.3, -0.25) is 9.78 Å². The summed E-state index contributed by atoms with van der Waals surface area (Å²) in [5.74, 6) is 0.493. The summed E-state index contributed by atoms with van der Waals surface area (Å²) in [6, 6.07) is 15.3. The number of ether oxygens (including phenoxy) is 2. The van der Waals surface area contributed by atoms with Crippen molar-refractivity contribution in [1.82, 2.24) is 24.8 Å². The summed E-state index contributed by atoms with van der Waals surface area (Å²) in [5.41, 5.74) is 3.85. The van der Waals surface area contributed by atoms with Crippen molar-refractivity contribution in [3.05, 3.63) is 66.6 Å².